The second-order valence-electron chi connectivity index (χ2n) is 5.37. The highest BCUT2D eigenvalue weighted by molar-refractivity contribution is 6.33. The van der Waals surface area contributed by atoms with Crippen molar-refractivity contribution in [2.45, 2.75) is 33.8 Å². The van der Waals surface area contributed by atoms with Crippen molar-refractivity contribution in [2.75, 3.05) is 0 Å². The lowest BCUT2D eigenvalue weighted by molar-refractivity contribution is 0.0423. The maximum atomic E-state index is 12.3. The van der Waals surface area contributed by atoms with Crippen LogP contribution in [0.15, 0.2) is 22.7 Å². The molecule has 0 aliphatic carbocycles. The standard InChI is InChI=1S/C16H16ClN5O3/c1-4-12-18-14(25-21-12)8-24-16(23)15-11(17)5-6-13(19-15)22-10(3)7-9(2)20-22/h5-7H,4,8H2,1-3H3. The van der Waals surface area contributed by atoms with Gasteiger partial charge in [-0.15, -0.1) is 0 Å². The summed E-state index contributed by atoms with van der Waals surface area (Å²) >= 11 is 6.09. The molecule has 25 heavy (non-hydrogen) atoms. The summed E-state index contributed by atoms with van der Waals surface area (Å²) in [4.78, 5) is 20.7. The van der Waals surface area contributed by atoms with E-state index in [4.69, 9.17) is 20.9 Å². The Balaban J connectivity index is 1.79. The minimum absolute atomic E-state index is 0.00181. The zero-order valence-corrected chi connectivity index (χ0v) is 14.7. The van der Waals surface area contributed by atoms with Crippen LogP contribution in [0.5, 0.6) is 0 Å². The molecule has 130 valence electrons. The van der Waals surface area contributed by atoms with Crippen LogP contribution in [0.2, 0.25) is 5.02 Å². The van der Waals surface area contributed by atoms with Crippen LogP contribution in [-0.2, 0) is 17.8 Å². The van der Waals surface area contributed by atoms with E-state index in [1.54, 1.807) is 16.8 Å². The van der Waals surface area contributed by atoms with Crippen molar-refractivity contribution >= 4 is 17.6 Å². The average molecular weight is 362 g/mol. The molecule has 0 saturated heterocycles. The van der Waals surface area contributed by atoms with Crippen molar-refractivity contribution in [3.05, 3.63) is 52.0 Å². The van der Waals surface area contributed by atoms with Gasteiger partial charge in [-0.3, -0.25) is 0 Å². The molecule has 0 aliphatic rings. The molecule has 3 aromatic heterocycles. The summed E-state index contributed by atoms with van der Waals surface area (Å²) in [7, 11) is 0. The van der Waals surface area contributed by atoms with Crippen molar-refractivity contribution in [1.29, 1.82) is 0 Å². The summed E-state index contributed by atoms with van der Waals surface area (Å²) < 4.78 is 11.8. The molecule has 0 atom stereocenters. The number of rotatable bonds is 5. The summed E-state index contributed by atoms with van der Waals surface area (Å²) in [6, 6.07) is 5.18. The zero-order valence-electron chi connectivity index (χ0n) is 14.0. The smallest absolute Gasteiger partial charge is 0.359 e. The first-order valence-corrected chi connectivity index (χ1v) is 8.04. The van der Waals surface area contributed by atoms with Crippen LogP contribution in [0.25, 0.3) is 5.82 Å². The van der Waals surface area contributed by atoms with E-state index < -0.39 is 5.97 Å². The number of hydrogen-bond acceptors (Lipinski definition) is 7. The fraction of sp³-hybridized carbons (Fsp3) is 0.312. The van der Waals surface area contributed by atoms with Gasteiger partial charge < -0.3 is 9.26 Å². The maximum Gasteiger partial charge on any atom is 0.359 e. The van der Waals surface area contributed by atoms with Crippen LogP contribution in [0.1, 0.15) is 40.5 Å². The highest BCUT2D eigenvalue weighted by Gasteiger charge is 2.18. The molecular weight excluding hydrogens is 346 g/mol. The van der Waals surface area contributed by atoms with Crippen LogP contribution < -0.4 is 0 Å². The number of hydrogen-bond donors (Lipinski definition) is 0. The molecule has 0 N–H and O–H groups in total. The van der Waals surface area contributed by atoms with Crippen LogP contribution in [0.4, 0.5) is 0 Å². The lowest BCUT2D eigenvalue weighted by Crippen LogP contribution is -2.11. The van der Waals surface area contributed by atoms with E-state index in [0.717, 1.165) is 11.4 Å². The number of esters is 1. The third-order valence-electron chi connectivity index (χ3n) is 3.40. The zero-order chi connectivity index (χ0) is 18.0. The Kier molecular flexibility index (Phi) is 4.80. The van der Waals surface area contributed by atoms with E-state index in [2.05, 4.69) is 20.2 Å². The normalized spacial score (nSPS) is 10.9. The SMILES string of the molecule is CCc1noc(COC(=O)c2nc(-n3nc(C)cc3C)ccc2Cl)n1. The molecule has 0 radical (unpaired) electrons. The molecule has 0 aliphatic heterocycles. The Morgan fingerprint density at radius 2 is 2.12 bits per heavy atom. The largest absolute Gasteiger partial charge is 0.451 e. The van der Waals surface area contributed by atoms with Gasteiger partial charge in [0.05, 0.1) is 10.7 Å². The molecule has 8 nitrogen and oxygen atoms in total. The fourth-order valence-corrected chi connectivity index (χ4v) is 2.42. The maximum absolute atomic E-state index is 12.3. The Morgan fingerprint density at radius 1 is 1.32 bits per heavy atom. The first kappa shape index (κ1) is 17.1. The van der Waals surface area contributed by atoms with Crippen LogP contribution in [0.3, 0.4) is 0 Å². The summed E-state index contributed by atoms with van der Waals surface area (Å²) in [5, 5.41) is 8.27. The second kappa shape index (κ2) is 7.02. The summed E-state index contributed by atoms with van der Waals surface area (Å²) in [6.07, 6.45) is 0.634. The van der Waals surface area contributed by atoms with Gasteiger partial charge in [-0.2, -0.15) is 10.1 Å². The third-order valence-corrected chi connectivity index (χ3v) is 3.71. The van der Waals surface area contributed by atoms with Gasteiger partial charge in [0.15, 0.2) is 23.9 Å². The number of carbonyl (C=O) groups excluding carboxylic acids is 1. The summed E-state index contributed by atoms with van der Waals surface area (Å²) in [5.41, 5.74) is 1.74. The highest BCUT2D eigenvalue weighted by atomic mass is 35.5. The molecule has 9 heteroatoms. The minimum Gasteiger partial charge on any atom is -0.451 e. The number of carbonyl (C=O) groups is 1. The number of aryl methyl sites for hydroxylation is 3. The summed E-state index contributed by atoms with van der Waals surface area (Å²) in [6.45, 7) is 5.53. The number of aromatic nitrogens is 5. The van der Waals surface area contributed by atoms with Crippen molar-refractivity contribution < 1.29 is 14.1 Å². The quantitative estimate of drug-likeness (QED) is 0.644. The second-order valence-corrected chi connectivity index (χ2v) is 5.78. The fourth-order valence-electron chi connectivity index (χ4n) is 2.24. The predicted molar refractivity (Wildman–Crippen MR) is 88.6 cm³/mol. The molecule has 0 amide bonds. The van der Waals surface area contributed by atoms with Crippen LogP contribution in [-0.4, -0.2) is 30.9 Å². The Morgan fingerprint density at radius 3 is 2.76 bits per heavy atom. The highest BCUT2D eigenvalue weighted by Crippen LogP contribution is 2.19. The van der Waals surface area contributed by atoms with Crippen molar-refractivity contribution in [1.82, 2.24) is 24.9 Å². The third kappa shape index (κ3) is 3.69. The number of nitrogens with zero attached hydrogens (tertiary/aromatic N) is 5. The van der Waals surface area contributed by atoms with E-state index in [-0.39, 0.29) is 23.2 Å². The first-order chi connectivity index (χ1) is 12.0. The molecule has 0 unspecified atom stereocenters. The molecule has 0 bridgehead atoms. The number of halogens is 1. The average Bonchev–Trinajstić information content (AvgIpc) is 3.19. The van der Waals surface area contributed by atoms with Gasteiger partial charge in [-0.05, 0) is 32.0 Å². The molecule has 0 spiro atoms. The topological polar surface area (TPSA) is 95.9 Å². The molecule has 3 aromatic rings. The first-order valence-electron chi connectivity index (χ1n) is 7.66. The Bertz CT molecular complexity index is 918. The van der Waals surface area contributed by atoms with E-state index >= 15 is 0 Å². The molecule has 3 rings (SSSR count). The van der Waals surface area contributed by atoms with Gasteiger partial charge in [0.25, 0.3) is 5.89 Å². The van der Waals surface area contributed by atoms with Gasteiger partial charge >= 0.3 is 5.97 Å². The predicted octanol–water partition coefficient (Wildman–Crippen LogP) is 2.84. The van der Waals surface area contributed by atoms with Gasteiger partial charge in [0.2, 0.25) is 0 Å². The van der Waals surface area contributed by atoms with E-state index in [0.29, 0.717) is 18.1 Å². The number of ether oxygens (including phenoxy) is 1. The van der Waals surface area contributed by atoms with E-state index in [1.807, 2.05) is 26.8 Å². The molecule has 0 aromatic carbocycles. The van der Waals surface area contributed by atoms with E-state index in [1.165, 1.54) is 0 Å². The lowest BCUT2D eigenvalue weighted by Gasteiger charge is -2.07. The van der Waals surface area contributed by atoms with Crippen LogP contribution >= 0.6 is 11.6 Å². The lowest BCUT2D eigenvalue weighted by atomic mass is 10.3. The van der Waals surface area contributed by atoms with Gasteiger partial charge in [0, 0.05) is 12.1 Å². The number of pyridine rings is 1. The van der Waals surface area contributed by atoms with Crippen molar-refractivity contribution in [2.24, 2.45) is 0 Å². The molecular formula is C16H16ClN5O3. The van der Waals surface area contributed by atoms with Crippen LogP contribution in [0, 0.1) is 13.8 Å². The van der Waals surface area contributed by atoms with Gasteiger partial charge in [0.1, 0.15) is 0 Å². The Hall–Kier alpha value is -2.74. The molecule has 0 saturated carbocycles. The van der Waals surface area contributed by atoms with Gasteiger partial charge in [-0.1, -0.05) is 23.7 Å². The monoisotopic (exact) mass is 361 g/mol. The van der Waals surface area contributed by atoms with Crippen molar-refractivity contribution in [3.8, 4) is 5.82 Å². The molecule has 3 heterocycles. The Labute approximate surface area is 148 Å². The summed E-state index contributed by atoms with van der Waals surface area (Å²) in [5.74, 6) is 0.572. The van der Waals surface area contributed by atoms with E-state index in [9.17, 15) is 4.79 Å². The minimum atomic E-state index is -0.676. The molecule has 0 fully saturated rings. The van der Waals surface area contributed by atoms with Crippen molar-refractivity contribution in [3.63, 3.8) is 0 Å². The van der Waals surface area contributed by atoms with Gasteiger partial charge in [-0.25, -0.2) is 14.5 Å².